The van der Waals surface area contributed by atoms with Crippen LogP contribution in [0.2, 0.25) is 0 Å². The number of benzene rings is 3. The number of amides is 1. The van der Waals surface area contributed by atoms with Gasteiger partial charge in [-0.2, -0.15) is 0 Å². The lowest BCUT2D eigenvalue weighted by atomic mass is 9.86. The molecule has 3 aromatic carbocycles. The number of carbonyl (C=O) groups excluding carboxylic acids is 1. The summed E-state index contributed by atoms with van der Waals surface area (Å²) in [5, 5.41) is 2.72. The van der Waals surface area contributed by atoms with Crippen LogP contribution in [-0.4, -0.2) is 40.6 Å². The lowest BCUT2D eigenvalue weighted by Crippen LogP contribution is -2.42. The summed E-state index contributed by atoms with van der Waals surface area (Å²) in [5.41, 5.74) is 1.22. The van der Waals surface area contributed by atoms with Crippen molar-refractivity contribution in [2.45, 2.75) is 38.0 Å². The van der Waals surface area contributed by atoms with Gasteiger partial charge in [0.1, 0.15) is 30.5 Å². The van der Waals surface area contributed by atoms with E-state index < -0.39 is 28.3 Å². The van der Waals surface area contributed by atoms with Gasteiger partial charge in [0, 0.05) is 0 Å². The number of hydrogen-bond donors (Lipinski definition) is 1. The maximum absolute atomic E-state index is 13.4. The minimum Gasteiger partial charge on any atom is -0.494 e. The first-order chi connectivity index (χ1) is 17.5. The van der Waals surface area contributed by atoms with Crippen LogP contribution in [0.3, 0.4) is 0 Å². The monoisotopic (exact) mass is 528 g/mol. The smallest absolute Gasteiger partial charge is 0.264 e. The van der Waals surface area contributed by atoms with E-state index in [1.165, 1.54) is 12.1 Å². The van der Waals surface area contributed by atoms with E-state index >= 15 is 0 Å². The van der Waals surface area contributed by atoms with Gasteiger partial charge in [-0.15, -0.1) is 0 Å². The van der Waals surface area contributed by atoms with Gasteiger partial charge in [0.2, 0.25) is 5.91 Å². The Balaban J connectivity index is 1.72. The molecule has 37 heavy (non-hydrogen) atoms. The first-order valence-electron chi connectivity index (χ1n) is 12.0. The summed E-state index contributed by atoms with van der Waals surface area (Å²) in [6.45, 7) is 8.51. The highest BCUT2D eigenvalue weighted by Gasteiger charge is 2.27. The Kier molecular flexibility index (Phi) is 9.15. The summed E-state index contributed by atoms with van der Waals surface area (Å²) in [7, 11) is -4.15. The second-order valence-electron chi connectivity index (χ2n) is 9.34. The number of carbonyl (C=O) groups is 1. The Morgan fingerprint density at radius 2 is 1.59 bits per heavy atom. The molecular formula is C28H33FN2O5S. The molecule has 0 aliphatic carbocycles. The Hall–Kier alpha value is -3.59. The molecule has 0 aromatic heterocycles. The molecule has 0 saturated carbocycles. The summed E-state index contributed by atoms with van der Waals surface area (Å²) in [6.07, 6.45) is 0. The predicted molar refractivity (Wildman–Crippen MR) is 142 cm³/mol. The van der Waals surface area contributed by atoms with Crippen molar-refractivity contribution in [1.29, 1.82) is 0 Å². The van der Waals surface area contributed by atoms with Crippen LogP contribution in [-0.2, 0) is 20.2 Å². The van der Waals surface area contributed by atoms with Gasteiger partial charge in [0.15, 0.2) is 0 Å². The maximum Gasteiger partial charge on any atom is 0.264 e. The zero-order valence-electron chi connectivity index (χ0n) is 21.5. The van der Waals surface area contributed by atoms with Gasteiger partial charge in [-0.1, -0.05) is 39.0 Å². The van der Waals surface area contributed by atoms with E-state index in [4.69, 9.17) is 9.47 Å². The van der Waals surface area contributed by atoms with Crippen LogP contribution >= 0.6 is 0 Å². The van der Waals surface area contributed by atoms with E-state index in [1.54, 1.807) is 24.3 Å². The van der Waals surface area contributed by atoms with Crippen LogP contribution in [0.4, 0.5) is 10.1 Å². The van der Waals surface area contributed by atoms with E-state index in [0.29, 0.717) is 12.4 Å². The number of hydrogen-bond acceptors (Lipinski definition) is 5. The van der Waals surface area contributed by atoms with Crippen LogP contribution in [0.15, 0.2) is 77.7 Å². The zero-order valence-corrected chi connectivity index (χ0v) is 22.3. The molecule has 9 heteroatoms. The number of halogens is 1. The standard InChI is InChI=1S/C28H33FN2O5S/c1-5-35-23-14-12-22(13-15-23)31(37(33,34)24-16-10-21(29)11-17-24)20-27(32)30-18-19-36-26-9-7-6-8-25(26)28(2,3)4/h6-17H,5,18-20H2,1-4H3,(H,30,32). The van der Waals surface area contributed by atoms with Crippen LogP contribution < -0.4 is 19.1 Å². The lowest BCUT2D eigenvalue weighted by molar-refractivity contribution is -0.119. The molecule has 0 saturated heterocycles. The molecule has 0 atom stereocenters. The summed E-state index contributed by atoms with van der Waals surface area (Å²) in [4.78, 5) is 12.7. The highest BCUT2D eigenvalue weighted by molar-refractivity contribution is 7.92. The van der Waals surface area contributed by atoms with Gasteiger partial charge in [-0.05, 0) is 72.5 Å². The molecule has 1 amide bonds. The molecule has 0 heterocycles. The van der Waals surface area contributed by atoms with E-state index in [1.807, 2.05) is 31.2 Å². The molecule has 0 aliphatic heterocycles. The molecule has 198 valence electrons. The van der Waals surface area contributed by atoms with Gasteiger partial charge >= 0.3 is 0 Å². The van der Waals surface area contributed by atoms with E-state index in [9.17, 15) is 17.6 Å². The van der Waals surface area contributed by atoms with Crippen molar-refractivity contribution in [3.63, 3.8) is 0 Å². The summed E-state index contributed by atoms with van der Waals surface area (Å²) >= 11 is 0. The Bertz CT molecular complexity index is 1290. The molecule has 0 aliphatic rings. The average Bonchev–Trinajstić information content (AvgIpc) is 2.86. The normalized spacial score (nSPS) is 11.6. The van der Waals surface area contributed by atoms with Crippen molar-refractivity contribution in [2.75, 3.05) is 30.6 Å². The molecule has 0 unspecified atom stereocenters. The van der Waals surface area contributed by atoms with Gasteiger partial charge in [-0.25, -0.2) is 12.8 Å². The first-order valence-corrected chi connectivity index (χ1v) is 13.5. The van der Waals surface area contributed by atoms with Crippen molar-refractivity contribution in [2.24, 2.45) is 0 Å². The third-order valence-corrected chi connectivity index (χ3v) is 7.29. The Morgan fingerprint density at radius 3 is 2.22 bits per heavy atom. The molecule has 0 fully saturated rings. The maximum atomic E-state index is 13.4. The van der Waals surface area contributed by atoms with Gasteiger partial charge in [0.25, 0.3) is 10.0 Å². The molecule has 0 radical (unpaired) electrons. The number of nitrogens with one attached hydrogen (secondary N) is 1. The quantitative estimate of drug-likeness (QED) is 0.358. The first kappa shape index (κ1) is 28.0. The number of sulfonamides is 1. The van der Waals surface area contributed by atoms with Crippen LogP contribution in [0.5, 0.6) is 11.5 Å². The van der Waals surface area contributed by atoms with Crippen molar-refractivity contribution >= 4 is 21.6 Å². The number of para-hydroxylation sites is 1. The average molecular weight is 529 g/mol. The Morgan fingerprint density at radius 1 is 0.946 bits per heavy atom. The summed E-state index contributed by atoms with van der Waals surface area (Å²) < 4.78 is 52.5. The van der Waals surface area contributed by atoms with Gasteiger partial charge in [0.05, 0.1) is 23.7 Å². The molecular weight excluding hydrogens is 495 g/mol. The molecule has 0 spiro atoms. The zero-order chi connectivity index (χ0) is 27.1. The number of anilines is 1. The minimum atomic E-state index is -4.15. The van der Waals surface area contributed by atoms with Crippen LogP contribution in [0.25, 0.3) is 0 Å². The van der Waals surface area contributed by atoms with Crippen molar-refractivity contribution in [1.82, 2.24) is 5.32 Å². The fraction of sp³-hybridized carbons (Fsp3) is 0.321. The largest absolute Gasteiger partial charge is 0.494 e. The second kappa shape index (κ2) is 12.1. The fourth-order valence-electron chi connectivity index (χ4n) is 3.67. The Labute approximate surface area is 218 Å². The third kappa shape index (κ3) is 7.45. The molecule has 3 aromatic rings. The van der Waals surface area contributed by atoms with Crippen molar-refractivity contribution < 1.29 is 27.1 Å². The third-order valence-electron chi connectivity index (χ3n) is 5.50. The highest BCUT2D eigenvalue weighted by atomic mass is 32.2. The van der Waals surface area contributed by atoms with Crippen molar-refractivity contribution in [3.8, 4) is 11.5 Å². The predicted octanol–water partition coefficient (Wildman–Crippen LogP) is 4.91. The van der Waals surface area contributed by atoms with Crippen LogP contribution in [0.1, 0.15) is 33.3 Å². The van der Waals surface area contributed by atoms with Crippen molar-refractivity contribution in [3.05, 3.63) is 84.2 Å². The number of ether oxygens (including phenoxy) is 2. The number of nitrogens with zero attached hydrogens (tertiary/aromatic N) is 1. The van der Waals surface area contributed by atoms with Crippen LogP contribution in [0, 0.1) is 5.82 Å². The van der Waals surface area contributed by atoms with E-state index in [2.05, 4.69) is 26.1 Å². The number of rotatable bonds is 11. The molecule has 3 rings (SSSR count). The van der Waals surface area contributed by atoms with E-state index in [0.717, 1.165) is 27.8 Å². The highest BCUT2D eigenvalue weighted by Crippen LogP contribution is 2.31. The molecule has 7 nitrogen and oxygen atoms in total. The van der Waals surface area contributed by atoms with E-state index in [-0.39, 0.29) is 29.1 Å². The SMILES string of the molecule is CCOc1ccc(N(CC(=O)NCCOc2ccccc2C(C)(C)C)S(=O)(=O)c2ccc(F)cc2)cc1. The lowest BCUT2D eigenvalue weighted by Gasteiger charge is -2.24. The van der Waals surface area contributed by atoms with Gasteiger partial charge < -0.3 is 14.8 Å². The molecule has 1 N–H and O–H groups in total. The fourth-order valence-corrected chi connectivity index (χ4v) is 5.09. The molecule has 0 bridgehead atoms. The summed E-state index contributed by atoms with van der Waals surface area (Å²) in [5.74, 6) is 0.242. The topological polar surface area (TPSA) is 84.9 Å². The minimum absolute atomic E-state index is 0.104. The summed E-state index contributed by atoms with van der Waals surface area (Å²) in [6, 6.07) is 18.6. The second-order valence-corrected chi connectivity index (χ2v) is 11.2. The van der Waals surface area contributed by atoms with Gasteiger partial charge in [-0.3, -0.25) is 9.10 Å².